The van der Waals surface area contributed by atoms with E-state index < -0.39 is 0 Å². The second-order valence-electron chi connectivity index (χ2n) is 6.32. The summed E-state index contributed by atoms with van der Waals surface area (Å²) in [5.41, 5.74) is -0.210. The highest BCUT2D eigenvalue weighted by Crippen LogP contribution is 2.50. The van der Waals surface area contributed by atoms with Crippen LogP contribution >= 0.6 is 23.1 Å². The number of carbonyl (C=O) groups is 1. The van der Waals surface area contributed by atoms with Crippen molar-refractivity contribution in [2.24, 2.45) is 0 Å². The molecule has 4 rings (SSSR count). The molecule has 1 aromatic heterocycles. The van der Waals surface area contributed by atoms with Gasteiger partial charge in [-0.2, -0.15) is 11.8 Å². The van der Waals surface area contributed by atoms with E-state index in [0.717, 1.165) is 19.4 Å². The van der Waals surface area contributed by atoms with Gasteiger partial charge in [-0.1, -0.05) is 12.5 Å². The van der Waals surface area contributed by atoms with Crippen LogP contribution in [0.1, 0.15) is 43.1 Å². The molecule has 1 atom stereocenters. The van der Waals surface area contributed by atoms with Crippen molar-refractivity contribution in [1.82, 2.24) is 10.2 Å². The van der Waals surface area contributed by atoms with Crippen LogP contribution in [-0.2, 0) is 4.79 Å². The minimum atomic E-state index is -0.210. The Hall–Kier alpha value is -0.520. The molecule has 20 heavy (non-hydrogen) atoms. The van der Waals surface area contributed by atoms with Crippen molar-refractivity contribution in [2.75, 3.05) is 12.8 Å². The topological polar surface area (TPSA) is 32.3 Å². The van der Waals surface area contributed by atoms with Crippen LogP contribution in [0.25, 0.3) is 0 Å². The molecule has 2 heterocycles. The van der Waals surface area contributed by atoms with Gasteiger partial charge in [-0.3, -0.25) is 10.1 Å². The SMILES string of the molecule is CSC1(CN2C(=O)C3(CC3)NC2c2cccs2)CCC1. The maximum absolute atomic E-state index is 12.8. The fraction of sp³-hybridized carbons (Fsp3) is 0.667. The number of nitrogens with zero attached hydrogens (tertiary/aromatic N) is 1. The van der Waals surface area contributed by atoms with Gasteiger partial charge in [0.2, 0.25) is 5.91 Å². The third-order valence-corrected chi connectivity index (χ3v) is 7.44. The summed E-state index contributed by atoms with van der Waals surface area (Å²) >= 11 is 3.70. The summed E-state index contributed by atoms with van der Waals surface area (Å²) < 4.78 is 0.313. The van der Waals surface area contributed by atoms with Crippen LogP contribution in [0, 0.1) is 0 Å². The summed E-state index contributed by atoms with van der Waals surface area (Å²) in [5.74, 6) is 0.344. The van der Waals surface area contributed by atoms with Crippen LogP contribution in [0.3, 0.4) is 0 Å². The molecule has 1 amide bonds. The lowest BCUT2D eigenvalue weighted by Gasteiger charge is -2.44. The Bertz CT molecular complexity index is 514. The maximum Gasteiger partial charge on any atom is 0.244 e. The van der Waals surface area contributed by atoms with E-state index in [4.69, 9.17) is 0 Å². The third kappa shape index (κ3) is 1.86. The molecule has 1 unspecified atom stereocenters. The number of hydrogen-bond acceptors (Lipinski definition) is 4. The molecule has 3 aliphatic rings. The molecule has 5 heteroatoms. The van der Waals surface area contributed by atoms with E-state index >= 15 is 0 Å². The van der Waals surface area contributed by atoms with Crippen molar-refractivity contribution in [2.45, 2.75) is 48.6 Å². The lowest BCUT2D eigenvalue weighted by molar-refractivity contribution is -0.131. The van der Waals surface area contributed by atoms with E-state index in [9.17, 15) is 4.79 Å². The second-order valence-corrected chi connectivity index (χ2v) is 8.57. The Morgan fingerprint density at radius 3 is 2.75 bits per heavy atom. The third-order valence-electron chi connectivity index (χ3n) is 5.11. The normalized spacial score (nSPS) is 29.8. The molecule has 2 saturated carbocycles. The van der Waals surface area contributed by atoms with Crippen LogP contribution in [0.5, 0.6) is 0 Å². The largest absolute Gasteiger partial charge is 0.319 e. The molecule has 108 valence electrons. The van der Waals surface area contributed by atoms with E-state index in [2.05, 4.69) is 34.0 Å². The standard InChI is InChI=1S/C15H20N2OS2/c1-19-14(5-3-6-14)10-17-12(11-4-2-9-20-11)16-15(7-8-15)13(17)18/h2,4,9,12,16H,3,5-8,10H2,1H3. The number of hydrogen-bond donors (Lipinski definition) is 1. The van der Waals surface area contributed by atoms with E-state index in [0.29, 0.717) is 10.7 Å². The van der Waals surface area contributed by atoms with Gasteiger partial charge in [0.25, 0.3) is 0 Å². The molecular formula is C15H20N2OS2. The molecule has 3 nitrogen and oxygen atoms in total. The lowest BCUT2D eigenvalue weighted by atomic mass is 9.83. The average molecular weight is 308 g/mol. The molecule has 0 radical (unpaired) electrons. The molecule has 1 saturated heterocycles. The Balaban J connectivity index is 1.62. The highest BCUT2D eigenvalue weighted by atomic mass is 32.2. The van der Waals surface area contributed by atoms with Crippen LogP contribution in [0.2, 0.25) is 0 Å². The number of carbonyl (C=O) groups excluding carboxylic acids is 1. The summed E-state index contributed by atoms with van der Waals surface area (Å²) in [5, 5.41) is 5.72. The van der Waals surface area contributed by atoms with Gasteiger partial charge >= 0.3 is 0 Å². The van der Waals surface area contributed by atoms with Gasteiger partial charge < -0.3 is 4.90 Å². The fourth-order valence-electron chi connectivity index (χ4n) is 3.42. The summed E-state index contributed by atoms with van der Waals surface area (Å²) in [6.45, 7) is 0.907. The van der Waals surface area contributed by atoms with E-state index in [1.807, 2.05) is 11.8 Å². The van der Waals surface area contributed by atoms with Crippen molar-refractivity contribution in [3.8, 4) is 0 Å². The van der Waals surface area contributed by atoms with Crippen molar-refractivity contribution < 1.29 is 4.79 Å². The highest BCUT2D eigenvalue weighted by Gasteiger charge is 2.60. The summed E-state index contributed by atoms with van der Waals surface area (Å²) in [7, 11) is 0. The minimum absolute atomic E-state index is 0.106. The first-order chi connectivity index (χ1) is 9.68. The van der Waals surface area contributed by atoms with E-state index in [1.165, 1.54) is 24.1 Å². The Morgan fingerprint density at radius 2 is 2.25 bits per heavy atom. The zero-order chi connectivity index (χ0) is 13.8. The van der Waals surface area contributed by atoms with Gasteiger partial charge in [-0.15, -0.1) is 11.3 Å². The average Bonchev–Trinajstić information content (AvgIpc) is 2.90. The van der Waals surface area contributed by atoms with E-state index in [1.54, 1.807) is 11.3 Å². The van der Waals surface area contributed by atoms with Crippen LogP contribution in [-0.4, -0.2) is 33.9 Å². The molecule has 1 spiro atoms. The number of nitrogens with one attached hydrogen (secondary N) is 1. The first kappa shape index (κ1) is 13.2. The van der Waals surface area contributed by atoms with Crippen molar-refractivity contribution in [3.05, 3.63) is 22.4 Å². The van der Waals surface area contributed by atoms with Crippen LogP contribution in [0.4, 0.5) is 0 Å². The molecule has 2 aliphatic carbocycles. The fourth-order valence-corrected chi connectivity index (χ4v) is 5.17. The predicted molar refractivity (Wildman–Crippen MR) is 84.0 cm³/mol. The molecule has 1 N–H and O–H groups in total. The van der Waals surface area contributed by atoms with Gasteiger partial charge in [-0.25, -0.2) is 0 Å². The second kappa shape index (κ2) is 4.49. The number of rotatable bonds is 4. The maximum atomic E-state index is 12.8. The number of thiophene rings is 1. The first-order valence-electron chi connectivity index (χ1n) is 7.35. The molecule has 0 bridgehead atoms. The summed E-state index contributed by atoms with van der Waals surface area (Å²) in [6, 6.07) is 4.23. The zero-order valence-corrected chi connectivity index (χ0v) is 13.4. The first-order valence-corrected chi connectivity index (χ1v) is 9.46. The molecule has 3 fully saturated rings. The Labute approximate surface area is 128 Å². The summed E-state index contributed by atoms with van der Waals surface area (Å²) in [6.07, 6.45) is 8.14. The van der Waals surface area contributed by atoms with Gasteiger partial charge in [0.05, 0.1) is 0 Å². The van der Waals surface area contributed by atoms with Crippen LogP contribution in [0.15, 0.2) is 17.5 Å². The number of amides is 1. The van der Waals surface area contributed by atoms with Crippen molar-refractivity contribution >= 4 is 29.0 Å². The zero-order valence-electron chi connectivity index (χ0n) is 11.7. The van der Waals surface area contributed by atoms with Crippen molar-refractivity contribution in [3.63, 3.8) is 0 Å². The smallest absolute Gasteiger partial charge is 0.244 e. The van der Waals surface area contributed by atoms with Gasteiger partial charge in [-0.05, 0) is 43.4 Å². The van der Waals surface area contributed by atoms with Crippen LogP contribution < -0.4 is 5.32 Å². The molecular weight excluding hydrogens is 288 g/mol. The molecule has 0 aromatic carbocycles. The predicted octanol–water partition coefficient (Wildman–Crippen LogP) is 3.00. The Morgan fingerprint density at radius 1 is 1.45 bits per heavy atom. The number of thioether (sulfide) groups is 1. The van der Waals surface area contributed by atoms with Gasteiger partial charge in [0, 0.05) is 16.2 Å². The van der Waals surface area contributed by atoms with E-state index in [-0.39, 0.29) is 11.7 Å². The summed E-state index contributed by atoms with van der Waals surface area (Å²) in [4.78, 5) is 16.2. The van der Waals surface area contributed by atoms with Crippen molar-refractivity contribution in [1.29, 1.82) is 0 Å². The Kier molecular flexibility index (Phi) is 2.95. The minimum Gasteiger partial charge on any atom is -0.319 e. The lowest BCUT2D eigenvalue weighted by Crippen LogP contribution is -2.47. The van der Waals surface area contributed by atoms with Gasteiger partial charge in [0.15, 0.2) is 0 Å². The quantitative estimate of drug-likeness (QED) is 0.928. The van der Waals surface area contributed by atoms with Gasteiger partial charge in [0.1, 0.15) is 11.7 Å². The molecule has 1 aromatic rings. The highest BCUT2D eigenvalue weighted by molar-refractivity contribution is 8.00. The molecule has 1 aliphatic heterocycles. The monoisotopic (exact) mass is 308 g/mol.